The fourth-order valence-corrected chi connectivity index (χ4v) is 14.2. The molecule has 6 heteroatoms. The van der Waals surface area contributed by atoms with Crippen molar-refractivity contribution in [3.05, 3.63) is 150 Å². The molecule has 0 spiro atoms. The van der Waals surface area contributed by atoms with Crippen molar-refractivity contribution in [3.8, 4) is 16.8 Å². The van der Waals surface area contributed by atoms with Crippen LogP contribution in [0.2, 0.25) is 0 Å². The molecule has 0 amide bonds. The molecule has 2 aliphatic rings. The number of hydrogen-bond donors (Lipinski definition) is 1. The average Bonchev–Trinajstić information content (AvgIpc) is 4.06. The molecule has 0 atom stereocenters. The Morgan fingerprint density at radius 1 is 0.606 bits per heavy atom. The number of benzene rings is 8. The third-order valence-corrected chi connectivity index (χ3v) is 17.7. The lowest BCUT2D eigenvalue weighted by atomic mass is 9.58. The van der Waals surface area contributed by atoms with Gasteiger partial charge in [0.15, 0.2) is 7.28 Å². The van der Waals surface area contributed by atoms with Gasteiger partial charge in [0.1, 0.15) is 11.2 Å². The van der Waals surface area contributed by atoms with Crippen molar-refractivity contribution in [3.63, 3.8) is 0 Å². The number of para-hydroxylation sites is 1. The largest absolute Gasteiger partial charge is 0.456 e. The van der Waals surface area contributed by atoms with E-state index in [9.17, 15) is 0 Å². The number of furan rings is 1. The predicted molar refractivity (Wildman–Crippen MR) is 288 cm³/mol. The molecule has 0 saturated carbocycles. The Labute approximate surface area is 392 Å². The van der Waals surface area contributed by atoms with E-state index in [-0.39, 0.29) is 16.2 Å². The monoisotopic (exact) mass is 887 g/mol. The van der Waals surface area contributed by atoms with Crippen LogP contribution in [-0.4, -0.2) is 11.8 Å². The quantitative estimate of drug-likeness (QED) is 0.179. The summed E-state index contributed by atoms with van der Waals surface area (Å²) in [5.74, 6) is 0. The first kappa shape index (κ1) is 38.9. The minimum absolute atomic E-state index is 0.0543. The van der Waals surface area contributed by atoms with E-state index in [0.29, 0.717) is 0 Å². The lowest BCUT2D eigenvalue weighted by Gasteiger charge is -2.42. The highest BCUT2D eigenvalue weighted by Gasteiger charge is 2.39. The van der Waals surface area contributed by atoms with Crippen molar-refractivity contribution in [2.45, 2.75) is 77.6 Å². The van der Waals surface area contributed by atoms with Gasteiger partial charge in [-0.25, -0.2) is 0 Å². The Hall–Kier alpha value is -6.34. The Morgan fingerprint density at radius 2 is 1.29 bits per heavy atom. The second-order valence-corrected chi connectivity index (χ2v) is 23.6. The Bertz CT molecular complexity index is 4090. The lowest BCUT2D eigenvalue weighted by Crippen LogP contribution is -2.37. The third-order valence-electron chi connectivity index (χ3n) is 15.4. The molecule has 12 aromatic rings. The first-order chi connectivity index (χ1) is 31.8. The van der Waals surface area contributed by atoms with Gasteiger partial charge >= 0.3 is 0 Å². The number of fused-ring (bicyclic) bond motifs is 16. The zero-order valence-electron chi connectivity index (χ0n) is 38.4. The maximum Gasteiger partial charge on any atom is 0.198 e. The Kier molecular flexibility index (Phi) is 7.77. The van der Waals surface area contributed by atoms with Crippen LogP contribution in [0, 0.1) is 0 Å². The molecule has 319 valence electrons. The highest BCUT2D eigenvalue weighted by molar-refractivity contribution is 7.27. The minimum atomic E-state index is 0.0543. The fourth-order valence-electron chi connectivity index (χ4n) is 11.8. The first-order valence-corrected chi connectivity index (χ1v) is 25.1. The van der Waals surface area contributed by atoms with E-state index in [0.717, 1.165) is 38.9 Å². The molecule has 1 aliphatic carbocycles. The molecular weight excluding hydrogens is 840 g/mol. The summed E-state index contributed by atoms with van der Waals surface area (Å²) in [6.07, 6.45) is 2.34. The van der Waals surface area contributed by atoms with Gasteiger partial charge in [0.25, 0.3) is 0 Å². The molecule has 0 fully saturated rings. The zero-order valence-corrected chi connectivity index (χ0v) is 40.0. The molecule has 5 heterocycles. The molecule has 1 radical (unpaired) electrons. The predicted octanol–water partition coefficient (Wildman–Crippen LogP) is 16.4. The molecule has 0 bridgehead atoms. The lowest BCUT2D eigenvalue weighted by molar-refractivity contribution is 0.332. The Balaban J connectivity index is 1.17. The molecule has 3 nitrogen and oxygen atoms in total. The number of hydrogen-bond acceptors (Lipinski definition) is 4. The number of nitrogens with zero attached hydrogens (tertiary/aromatic N) is 1. The van der Waals surface area contributed by atoms with Gasteiger partial charge in [-0.2, -0.15) is 0 Å². The molecule has 1 N–H and O–H groups in total. The van der Waals surface area contributed by atoms with Gasteiger partial charge in [0.05, 0.1) is 11.0 Å². The van der Waals surface area contributed by atoms with Crippen LogP contribution in [0.4, 0.5) is 11.4 Å². The molecule has 4 aromatic heterocycles. The summed E-state index contributed by atoms with van der Waals surface area (Å²) in [5.41, 5.74) is 17.1. The minimum Gasteiger partial charge on any atom is -0.456 e. The molecule has 1 aliphatic heterocycles. The van der Waals surface area contributed by atoms with Gasteiger partial charge in [0, 0.05) is 84.5 Å². The van der Waals surface area contributed by atoms with Gasteiger partial charge in [0.2, 0.25) is 0 Å². The fraction of sp³-hybridized carbons (Fsp3) is 0.200. The smallest absolute Gasteiger partial charge is 0.198 e. The van der Waals surface area contributed by atoms with E-state index < -0.39 is 0 Å². The summed E-state index contributed by atoms with van der Waals surface area (Å²) in [6, 6.07) is 50.4. The maximum absolute atomic E-state index is 6.79. The van der Waals surface area contributed by atoms with Crippen LogP contribution in [0.1, 0.15) is 78.0 Å². The van der Waals surface area contributed by atoms with Crippen molar-refractivity contribution in [2.24, 2.45) is 0 Å². The molecule has 14 rings (SSSR count). The summed E-state index contributed by atoms with van der Waals surface area (Å²) in [5, 5.41) is 14.2. The molecule has 8 aromatic carbocycles. The van der Waals surface area contributed by atoms with Crippen LogP contribution < -0.4 is 16.2 Å². The average molecular weight is 888 g/mol. The van der Waals surface area contributed by atoms with Gasteiger partial charge in [-0.1, -0.05) is 121 Å². The second-order valence-electron chi connectivity index (χ2n) is 21.4. The maximum atomic E-state index is 6.79. The standard InChI is InChI=1S/C60H48BN2OS2/c1-58(2,3)32-20-22-33(23-21-32)62-44-27-37-34-14-8-11-17-47(34)64-48(37)29-39(44)52-53-36-16-10-13-19-50(36)66-57(53)54-40-26-41-42(60(6,7)25-24-59(41,4)5)30-45(40)63-46-28-38-35-15-9-12-18-49(35)65-51(38)31-43(46)61-55(52)56(54)63/h8-23,26-31,62H,24-25H2,1-7H3. The summed E-state index contributed by atoms with van der Waals surface area (Å²) in [4.78, 5) is 0. The van der Waals surface area contributed by atoms with Crippen molar-refractivity contribution < 1.29 is 4.42 Å². The van der Waals surface area contributed by atoms with Gasteiger partial charge in [-0.3, -0.25) is 0 Å². The number of rotatable bonds is 3. The van der Waals surface area contributed by atoms with Crippen LogP contribution in [0.3, 0.4) is 0 Å². The van der Waals surface area contributed by atoms with Crippen molar-refractivity contribution in [2.75, 3.05) is 5.32 Å². The summed E-state index contributed by atoms with van der Waals surface area (Å²) in [6.45, 7) is 16.7. The van der Waals surface area contributed by atoms with E-state index in [1.165, 1.54) is 114 Å². The topological polar surface area (TPSA) is 30.1 Å². The highest BCUT2D eigenvalue weighted by Crippen LogP contribution is 2.53. The van der Waals surface area contributed by atoms with E-state index in [1.807, 2.05) is 22.7 Å². The summed E-state index contributed by atoms with van der Waals surface area (Å²) < 4.78 is 14.7. The second kappa shape index (κ2) is 13.2. The van der Waals surface area contributed by atoms with Gasteiger partial charge in [-0.05, 0) is 124 Å². The number of nitrogens with one attached hydrogen (secondary N) is 1. The third kappa shape index (κ3) is 5.37. The van der Waals surface area contributed by atoms with Crippen LogP contribution in [0.15, 0.2) is 138 Å². The van der Waals surface area contributed by atoms with E-state index in [2.05, 4.69) is 199 Å². The van der Waals surface area contributed by atoms with Crippen molar-refractivity contribution in [1.82, 2.24) is 4.57 Å². The normalized spacial score (nSPS) is 15.4. The van der Waals surface area contributed by atoms with Crippen molar-refractivity contribution >= 4 is 136 Å². The highest BCUT2D eigenvalue weighted by atomic mass is 32.1. The zero-order chi connectivity index (χ0) is 44.6. The molecule has 0 saturated heterocycles. The van der Waals surface area contributed by atoms with Crippen LogP contribution >= 0.6 is 22.7 Å². The van der Waals surface area contributed by atoms with Crippen LogP contribution in [0.25, 0.3) is 101 Å². The van der Waals surface area contributed by atoms with E-state index >= 15 is 0 Å². The Morgan fingerprint density at radius 3 is 2.05 bits per heavy atom. The SMILES string of the molecule is CC(C)(C)c1ccc(Nc2cc3c(cc2-c2c4c5c(c6cc7c(cc6n5-c5cc6c(cc5[B]4)sc4ccccc46)C(C)(C)CCC7(C)C)c4sc5ccccc5c24)oc2ccccc23)cc1. The summed E-state index contributed by atoms with van der Waals surface area (Å²) >= 11 is 3.85. The number of thiophene rings is 2. The van der Waals surface area contributed by atoms with Gasteiger partial charge in [-0.15, -0.1) is 22.7 Å². The van der Waals surface area contributed by atoms with Crippen LogP contribution in [0.5, 0.6) is 0 Å². The van der Waals surface area contributed by atoms with Crippen molar-refractivity contribution in [1.29, 1.82) is 0 Å². The van der Waals surface area contributed by atoms with E-state index in [4.69, 9.17) is 4.42 Å². The summed E-state index contributed by atoms with van der Waals surface area (Å²) in [7, 11) is 2.53. The number of anilines is 2. The first-order valence-electron chi connectivity index (χ1n) is 23.4. The number of aromatic nitrogens is 1. The molecule has 0 unspecified atom stereocenters. The van der Waals surface area contributed by atoms with Crippen LogP contribution in [-0.2, 0) is 16.2 Å². The van der Waals surface area contributed by atoms with Gasteiger partial charge < -0.3 is 14.3 Å². The molecule has 66 heavy (non-hydrogen) atoms. The van der Waals surface area contributed by atoms with E-state index in [1.54, 1.807) is 0 Å². The molecular formula is C60H48BN2OS2.